The normalized spacial score (nSPS) is 21.9. The minimum atomic E-state index is -1.97. The van der Waals surface area contributed by atoms with Crippen LogP contribution in [0, 0.1) is 11.6 Å². The smallest absolute Gasteiger partial charge is 0.411 e. The molecule has 1 aromatic rings. The summed E-state index contributed by atoms with van der Waals surface area (Å²) < 4.78 is 31.6. The van der Waals surface area contributed by atoms with Crippen molar-refractivity contribution in [3.05, 3.63) is 47.0 Å². The lowest BCUT2D eigenvalue weighted by Crippen LogP contribution is -2.33. The number of carbonyl (C=O) groups is 2. The monoisotopic (exact) mass is 285 g/mol. The molecular formula is C12H9F2NO5. The second-order valence-corrected chi connectivity index (χ2v) is 4.20. The Bertz CT molecular complexity index is 643. The summed E-state index contributed by atoms with van der Waals surface area (Å²) in [4.78, 5) is 22.4. The third-order valence-electron chi connectivity index (χ3n) is 2.84. The molecule has 8 heteroatoms. The topological polar surface area (TPSA) is 95.9 Å². The number of benzene rings is 1. The number of rotatable bonds is 2. The Balaban J connectivity index is 2.43. The summed E-state index contributed by atoms with van der Waals surface area (Å²) >= 11 is 0. The summed E-state index contributed by atoms with van der Waals surface area (Å²) in [6.07, 6.45) is -1.57. The lowest BCUT2D eigenvalue weighted by Gasteiger charge is -2.23. The van der Waals surface area contributed by atoms with Gasteiger partial charge in [-0.1, -0.05) is 0 Å². The van der Waals surface area contributed by atoms with Crippen molar-refractivity contribution in [2.45, 2.75) is 12.5 Å². The molecule has 0 saturated heterocycles. The van der Waals surface area contributed by atoms with Crippen LogP contribution in [-0.4, -0.2) is 22.1 Å². The second kappa shape index (κ2) is 4.48. The fourth-order valence-corrected chi connectivity index (χ4v) is 1.86. The van der Waals surface area contributed by atoms with E-state index in [1.807, 2.05) is 0 Å². The molecule has 106 valence electrons. The van der Waals surface area contributed by atoms with E-state index in [2.05, 4.69) is 0 Å². The first-order chi connectivity index (χ1) is 9.25. The van der Waals surface area contributed by atoms with Gasteiger partial charge >= 0.3 is 6.09 Å². The maximum atomic E-state index is 13.7. The molecule has 0 fully saturated rings. The van der Waals surface area contributed by atoms with E-state index in [0.29, 0.717) is 6.07 Å². The number of ether oxygens (including phenoxy) is 1. The summed E-state index contributed by atoms with van der Waals surface area (Å²) in [5.41, 5.74) is -2.29. The summed E-state index contributed by atoms with van der Waals surface area (Å²) in [5, 5.41) is 19.8. The molecule has 20 heavy (non-hydrogen) atoms. The highest BCUT2D eigenvalue weighted by Crippen LogP contribution is 2.38. The minimum Gasteiger partial charge on any atom is -0.501 e. The van der Waals surface area contributed by atoms with E-state index in [9.17, 15) is 23.5 Å². The van der Waals surface area contributed by atoms with Crippen LogP contribution >= 0.6 is 0 Å². The Morgan fingerprint density at radius 1 is 1.40 bits per heavy atom. The third kappa shape index (κ3) is 2.04. The first-order valence-electron chi connectivity index (χ1n) is 5.38. The van der Waals surface area contributed by atoms with Crippen molar-refractivity contribution < 1.29 is 33.3 Å². The fraction of sp³-hybridized carbons (Fsp3) is 0.167. The Hall–Kier alpha value is -2.64. The lowest BCUT2D eigenvalue weighted by atomic mass is 9.91. The van der Waals surface area contributed by atoms with Gasteiger partial charge in [0, 0.05) is 11.6 Å². The molecule has 0 bridgehead atoms. The van der Waals surface area contributed by atoms with Crippen molar-refractivity contribution in [2.75, 3.05) is 0 Å². The molecule has 1 heterocycles. The molecule has 1 aliphatic heterocycles. The molecule has 1 aliphatic rings. The number of aliphatic hydroxyl groups excluding tert-OH is 1. The average molecular weight is 285 g/mol. The molecule has 0 saturated carbocycles. The van der Waals surface area contributed by atoms with Gasteiger partial charge in [0.25, 0.3) is 5.78 Å². The largest absolute Gasteiger partial charge is 0.501 e. The van der Waals surface area contributed by atoms with Gasteiger partial charge in [0.05, 0.1) is 0 Å². The first kappa shape index (κ1) is 13.8. The van der Waals surface area contributed by atoms with Gasteiger partial charge < -0.3 is 14.9 Å². The molecule has 2 rings (SSSR count). The molecule has 1 atom stereocenters. The number of hydrogen-bond donors (Lipinski definition) is 3. The van der Waals surface area contributed by atoms with Crippen LogP contribution in [0.5, 0.6) is 0 Å². The Morgan fingerprint density at radius 2 is 2.05 bits per heavy atom. The van der Waals surface area contributed by atoms with Crippen LogP contribution in [0.25, 0.3) is 0 Å². The Kier molecular flexibility index (Phi) is 3.09. The van der Waals surface area contributed by atoms with Gasteiger partial charge in [-0.15, -0.1) is 0 Å². The molecule has 1 aromatic carbocycles. The van der Waals surface area contributed by atoms with E-state index >= 15 is 0 Å². The number of carbonyl (C=O) groups excluding carboxylic acids is 1. The Morgan fingerprint density at radius 3 is 2.60 bits per heavy atom. The van der Waals surface area contributed by atoms with Crippen LogP contribution in [0.3, 0.4) is 0 Å². The summed E-state index contributed by atoms with van der Waals surface area (Å²) in [5.74, 6) is -4.61. The predicted octanol–water partition coefficient (Wildman–Crippen LogP) is 1.77. The number of amides is 1. The number of Topliss-reactive ketones (excluding diaryl/α,β-unsaturated/α-hetero) is 1. The van der Waals surface area contributed by atoms with Crippen LogP contribution in [0.15, 0.2) is 29.8 Å². The number of nitrogens with one attached hydrogen (secondary N) is 1. The quantitative estimate of drug-likeness (QED) is 0.769. The number of ketones is 1. The van der Waals surface area contributed by atoms with E-state index in [-0.39, 0.29) is 5.56 Å². The average Bonchev–Trinajstić information content (AvgIpc) is 2.54. The molecule has 0 aliphatic carbocycles. The summed E-state index contributed by atoms with van der Waals surface area (Å²) in [6, 6.07) is 2.45. The van der Waals surface area contributed by atoms with Gasteiger partial charge in [-0.3, -0.25) is 10.1 Å². The standard InChI is InChI=1S/C12H9F2NO5/c1-12(6-3-2-5(13)4-7(6)14)9(17)8(16)10(20-12)15-11(18)19/h2-4,15-16H,1H3,(H,18,19). The molecule has 0 aromatic heterocycles. The molecule has 0 radical (unpaired) electrons. The number of carboxylic acid groups (broad SMARTS) is 1. The Labute approximate surface area is 111 Å². The zero-order valence-electron chi connectivity index (χ0n) is 10.1. The SMILES string of the molecule is CC1(c2ccc(F)cc2F)OC(NC(=O)O)=C(O)C1=O. The first-order valence-corrected chi connectivity index (χ1v) is 5.38. The van der Waals surface area contributed by atoms with E-state index in [4.69, 9.17) is 9.84 Å². The van der Waals surface area contributed by atoms with Crippen molar-refractivity contribution in [2.24, 2.45) is 0 Å². The predicted molar refractivity (Wildman–Crippen MR) is 60.6 cm³/mol. The van der Waals surface area contributed by atoms with Crippen LogP contribution in [0.2, 0.25) is 0 Å². The van der Waals surface area contributed by atoms with Crippen LogP contribution in [0.1, 0.15) is 12.5 Å². The maximum Gasteiger partial charge on any atom is 0.411 e. The van der Waals surface area contributed by atoms with Crippen LogP contribution in [0.4, 0.5) is 13.6 Å². The highest BCUT2D eigenvalue weighted by molar-refractivity contribution is 6.03. The molecular weight excluding hydrogens is 276 g/mol. The van der Waals surface area contributed by atoms with Gasteiger partial charge in [0.15, 0.2) is 0 Å². The van der Waals surface area contributed by atoms with Crippen molar-refractivity contribution in [1.29, 1.82) is 0 Å². The number of hydrogen-bond acceptors (Lipinski definition) is 4. The fourth-order valence-electron chi connectivity index (χ4n) is 1.86. The highest BCUT2D eigenvalue weighted by atomic mass is 19.1. The van der Waals surface area contributed by atoms with Gasteiger partial charge in [-0.05, 0) is 19.1 Å². The molecule has 1 amide bonds. The summed E-state index contributed by atoms with van der Waals surface area (Å²) in [7, 11) is 0. The molecule has 3 N–H and O–H groups in total. The maximum absolute atomic E-state index is 13.7. The van der Waals surface area contributed by atoms with Crippen molar-refractivity contribution in [1.82, 2.24) is 5.32 Å². The van der Waals surface area contributed by atoms with E-state index in [1.165, 1.54) is 0 Å². The summed E-state index contributed by atoms with van der Waals surface area (Å²) in [6.45, 7) is 1.14. The number of aliphatic hydroxyl groups is 1. The zero-order valence-corrected chi connectivity index (χ0v) is 10.1. The second-order valence-electron chi connectivity index (χ2n) is 4.20. The van der Waals surface area contributed by atoms with Crippen LogP contribution in [-0.2, 0) is 15.1 Å². The van der Waals surface area contributed by atoms with Gasteiger partial charge in [-0.2, -0.15) is 0 Å². The van der Waals surface area contributed by atoms with Crippen molar-refractivity contribution in [3.8, 4) is 0 Å². The van der Waals surface area contributed by atoms with Gasteiger partial charge in [-0.25, -0.2) is 13.6 Å². The van der Waals surface area contributed by atoms with E-state index < -0.39 is 40.8 Å². The van der Waals surface area contributed by atoms with Crippen molar-refractivity contribution >= 4 is 11.9 Å². The van der Waals surface area contributed by atoms with Gasteiger partial charge in [0.1, 0.15) is 11.6 Å². The molecule has 6 nitrogen and oxygen atoms in total. The lowest BCUT2D eigenvalue weighted by molar-refractivity contribution is -0.132. The minimum absolute atomic E-state index is 0.322. The van der Waals surface area contributed by atoms with Crippen molar-refractivity contribution in [3.63, 3.8) is 0 Å². The molecule has 1 unspecified atom stereocenters. The van der Waals surface area contributed by atoms with E-state index in [0.717, 1.165) is 19.1 Å². The number of halogens is 2. The zero-order chi connectivity index (χ0) is 15.1. The van der Waals surface area contributed by atoms with Gasteiger partial charge in [0.2, 0.25) is 17.2 Å². The van der Waals surface area contributed by atoms with Crippen LogP contribution < -0.4 is 5.32 Å². The highest BCUT2D eigenvalue weighted by Gasteiger charge is 2.49. The molecule has 0 spiro atoms. The van der Waals surface area contributed by atoms with E-state index in [1.54, 1.807) is 5.32 Å². The third-order valence-corrected chi connectivity index (χ3v) is 2.84.